The Morgan fingerprint density at radius 1 is 0.952 bits per heavy atom. The summed E-state index contributed by atoms with van der Waals surface area (Å²) in [4.78, 5) is 0.207. The van der Waals surface area contributed by atoms with Gasteiger partial charge in [0.05, 0.1) is 0 Å². The Kier molecular flexibility index (Phi) is 5.72. The molecular formula is C15H13BrF3NS. The topological polar surface area (TPSA) is 12.0 Å². The van der Waals surface area contributed by atoms with Crippen molar-refractivity contribution in [2.75, 3.05) is 0 Å². The van der Waals surface area contributed by atoms with Gasteiger partial charge in [0.1, 0.15) is 0 Å². The number of rotatable bonds is 5. The average molecular weight is 376 g/mol. The third-order valence-corrected chi connectivity index (χ3v) is 3.94. The largest absolute Gasteiger partial charge is 0.446 e. The van der Waals surface area contributed by atoms with E-state index in [0.29, 0.717) is 13.1 Å². The Bertz CT molecular complexity index is 584. The van der Waals surface area contributed by atoms with Crippen LogP contribution in [0.5, 0.6) is 0 Å². The molecular weight excluding hydrogens is 363 g/mol. The maximum atomic E-state index is 12.2. The Labute approximate surface area is 134 Å². The summed E-state index contributed by atoms with van der Waals surface area (Å²) in [5.41, 5.74) is -2.13. The lowest BCUT2D eigenvalue weighted by Crippen LogP contribution is -2.12. The zero-order chi connectivity index (χ0) is 15.3. The van der Waals surface area contributed by atoms with Crippen LogP contribution in [0.2, 0.25) is 0 Å². The van der Waals surface area contributed by atoms with Gasteiger partial charge in [0.15, 0.2) is 0 Å². The predicted octanol–water partition coefficient (Wildman–Crippen LogP) is 5.35. The van der Waals surface area contributed by atoms with E-state index in [4.69, 9.17) is 0 Å². The molecule has 0 bridgehead atoms. The van der Waals surface area contributed by atoms with Crippen LogP contribution in [0.4, 0.5) is 13.2 Å². The minimum absolute atomic E-state index is 0.0939. The standard InChI is InChI=1S/C15H13BrF3NS/c16-13-3-1-2-12(8-13)10-20-9-11-4-6-14(7-5-11)21-15(17,18)19/h1-8,20H,9-10H2. The monoisotopic (exact) mass is 375 g/mol. The number of alkyl halides is 3. The maximum absolute atomic E-state index is 12.2. The molecule has 0 aliphatic heterocycles. The Morgan fingerprint density at radius 2 is 1.62 bits per heavy atom. The molecule has 0 atom stereocenters. The summed E-state index contributed by atoms with van der Waals surface area (Å²) >= 11 is 3.31. The van der Waals surface area contributed by atoms with Crippen molar-refractivity contribution in [2.24, 2.45) is 0 Å². The van der Waals surface area contributed by atoms with Crippen LogP contribution in [0.15, 0.2) is 57.9 Å². The molecule has 0 aliphatic carbocycles. The molecule has 0 unspecified atom stereocenters. The van der Waals surface area contributed by atoms with E-state index in [1.807, 2.05) is 24.3 Å². The van der Waals surface area contributed by atoms with Gasteiger partial charge in [0.25, 0.3) is 0 Å². The van der Waals surface area contributed by atoms with Gasteiger partial charge in [-0.1, -0.05) is 40.2 Å². The Morgan fingerprint density at radius 3 is 2.24 bits per heavy atom. The van der Waals surface area contributed by atoms with Crippen molar-refractivity contribution >= 4 is 27.7 Å². The number of thioether (sulfide) groups is 1. The summed E-state index contributed by atoms with van der Waals surface area (Å²) in [6.07, 6.45) is 0. The molecule has 1 nitrogen and oxygen atoms in total. The molecule has 0 aromatic heterocycles. The van der Waals surface area contributed by atoms with E-state index >= 15 is 0 Å². The van der Waals surface area contributed by atoms with Crippen LogP contribution in [0.1, 0.15) is 11.1 Å². The molecule has 0 spiro atoms. The van der Waals surface area contributed by atoms with Crippen LogP contribution >= 0.6 is 27.7 Å². The van der Waals surface area contributed by atoms with Crippen molar-refractivity contribution in [3.8, 4) is 0 Å². The van der Waals surface area contributed by atoms with Crippen LogP contribution in [-0.2, 0) is 13.1 Å². The SMILES string of the molecule is FC(F)(F)Sc1ccc(CNCc2cccc(Br)c2)cc1. The van der Waals surface area contributed by atoms with Crippen molar-refractivity contribution in [1.29, 1.82) is 0 Å². The van der Waals surface area contributed by atoms with E-state index in [-0.39, 0.29) is 16.7 Å². The number of hydrogen-bond acceptors (Lipinski definition) is 2. The fraction of sp³-hybridized carbons (Fsp3) is 0.200. The predicted molar refractivity (Wildman–Crippen MR) is 83.0 cm³/mol. The molecule has 0 amide bonds. The molecule has 21 heavy (non-hydrogen) atoms. The van der Waals surface area contributed by atoms with E-state index in [2.05, 4.69) is 21.2 Å². The molecule has 0 aliphatic rings. The summed E-state index contributed by atoms with van der Waals surface area (Å²) in [5.74, 6) is 0. The van der Waals surface area contributed by atoms with Crippen molar-refractivity contribution in [3.05, 3.63) is 64.1 Å². The van der Waals surface area contributed by atoms with Gasteiger partial charge in [-0.25, -0.2) is 0 Å². The van der Waals surface area contributed by atoms with E-state index < -0.39 is 5.51 Å². The Balaban J connectivity index is 1.84. The average Bonchev–Trinajstić information content (AvgIpc) is 2.39. The first kappa shape index (κ1) is 16.4. The minimum Gasteiger partial charge on any atom is -0.309 e. The van der Waals surface area contributed by atoms with Gasteiger partial charge < -0.3 is 5.32 Å². The zero-order valence-electron chi connectivity index (χ0n) is 11.0. The number of nitrogens with one attached hydrogen (secondary N) is 1. The van der Waals surface area contributed by atoms with Crippen molar-refractivity contribution in [1.82, 2.24) is 5.32 Å². The summed E-state index contributed by atoms with van der Waals surface area (Å²) in [6.45, 7) is 1.32. The van der Waals surface area contributed by atoms with E-state index in [0.717, 1.165) is 15.6 Å². The summed E-state index contributed by atoms with van der Waals surface area (Å²) < 4.78 is 37.7. The quantitative estimate of drug-likeness (QED) is 0.706. The van der Waals surface area contributed by atoms with E-state index in [1.54, 1.807) is 12.1 Å². The molecule has 0 heterocycles. The van der Waals surface area contributed by atoms with Crippen LogP contribution in [-0.4, -0.2) is 5.51 Å². The third-order valence-electron chi connectivity index (χ3n) is 2.70. The summed E-state index contributed by atoms with van der Waals surface area (Å²) in [6, 6.07) is 14.4. The second-order valence-corrected chi connectivity index (χ2v) is 6.48. The lowest BCUT2D eigenvalue weighted by molar-refractivity contribution is -0.0328. The highest BCUT2D eigenvalue weighted by atomic mass is 79.9. The summed E-state index contributed by atoms with van der Waals surface area (Å²) in [7, 11) is 0. The maximum Gasteiger partial charge on any atom is 0.446 e. The molecule has 0 fully saturated rings. The van der Waals surface area contributed by atoms with Crippen LogP contribution in [0.3, 0.4) is 0 Å². The first-order valence-corrected chi connectivity index (χ1v) is 7.83. The molecule has 2 aromatic carbocycles. The van der Waals surface area contributed by atoms with Crippen LogP contribution in [0, 0.1) is 0 Å². The van der Waals surface area contributed by atoms with Crippen molar-refractivity contribution in [3.63, 3.8) is 0 Å². The highest BCUT2D eigenvalue weighted by Gasteiger charge is 2.28. The molecule has 0 saturated heterocycles. The fourth-order valence-corrected chi connectivity index (χ4v) is 2.79. The molecule has 0 radical (unpaired) electrons. The van der Waals surface area contributed by atoms with Crippen molar-refractivity contribution < 1.29 is 13.2 Å². The van der Waals surface area contributed by atoms with E-state index in [9.17, 15) is 13.2 Å². The van der Waals surface area contributed by atoms with Gasteiger partial charge >= 0.3 is 5.51 Å². The number of benzene rings is 2. The highest BCUT2D eigenvalue weighted by molar-refractivity contribution is 9.10. The second-order valence-electron chi connectivity index (χ2n) is 4.43. The fourth-order valence-electron chi connectivity index (χ4n) is 1.81. The lowest BCUT2D eigenvalue weighted by Gasteiger charge is -2.08. The van der Waals surface area contributed by atoms with E-state index in [1.165, 1.54) is 12.1 Å². The molecule has 0 saturated carbocycles. The van der Waals surface area contributed by atoms with Gasteiger partial charge in [0, 0.05) is 22.5 Å². The van der Waals surface area contributed by atoms with Gasteiger partial charge in [-0.2, -0.15) is 13.2 Å². The second kappa shape index (κ2) is 7.33. The Hall–Kier alpha value is -0.980. The molecule has 1 N–H and O–H groups in total. The molecule has 6 heteroatoms. The molecule has 2 aromatic rings. The minimum atomic E-state index is -4.24. The normalized spacial score (nSPS) is 11.6. The summed E-state index contributed by atoms with van der Waals surface area (Å²) in [5, 5.41) is 3.26. The number of halogens is 4. The van der Waals surface area contributed by atoms with Crippen LogP contribution in [0.25, 0.3) is 0 Å². The van der Waals surface area contributed by atoms with Gasteiger partial charge in [-0.05, 0) is 47.2 Å². The van der Waals surface area contributed by atoms with Gasteiger partial charge in [-0.3, -0.25) is 0 Å². The number of hydrogen-bond donors (Lipinski definition) is 1. The van der Waals surface area contributed by atoms with Gasteiger partial charge in [0.2, 0.25) is 0 Å². The lowest BCUT2D eigenvalue weighted by atomic mass is 10.2. The van der Waals surface area contributed by atoms with Crippen LogP contribution < -0.4 is 5.32 Å². The third kappa shape index (κ3) is 6.11. The first-order chi connectivity index (χ1) is 9.92. The zero-order valence-corrected chi connectivity index (χ0v) is 13.4. The van der Waals surface area contributed by atoms with Gasteiger partial charge in [-0.15, -0.1) is 0 Å². The molecule has 2 rings (SSSR count). The smallest absolute Gasteiger partial charge is 0.309 e. The molecule has 112 valence electrons. The first-order valence-electron chi connectivity index (χ1n) is 6.22. The highest BCUT2D eigenvalue weighted by Crippen LogP contribution is 2.36. The van der Waals surface area contributed by atoms with Crippen molar-refractivity contribution in [2.45, 2.75) is 23.5 Å².